The fourth-order valence-electron chi connectivity index (χ4n) is 3.77. The number of benzene rings is 2. The molecule has 0 radical (unpaired) electrons. The average molecular weight is 364 g/mol. The molecule has 2 heterocycles. The molecule has 0 saturated carbocycles. The second-order valence-electron chi connectivity index (χ2n) is 6.90. The van der Waals surface area contributed by atoms with E-state index < -0.39 is 0 Å². The minimum Gasteiger partial charge on any atom is -0.497 e. The second-order valence-corrected chi connectivity index (χ2v) is 6.90. The lowest BCUT2D eigenvalue weighted by atomic mass is 10.1. The molecule has 0 unspecified atom stereocenters. The van der Waals surface area contributed by atoms with Crippen molar-refractivity contribution in [3.05, 3.63) is 54.1 Å². The number of hydrogen-bond acceptors (Lipinski definition) is 4. The van der Waals surface area contributed by atoms with Crippen molar-refractivity contribution in [3.8, 4) is 11.5 Å². The van der Waals surface area contributed by atoms with Gasteiger partial charge in [-0.15, -0.1) is 0 Å². The van der Waals surface area contributed by atoms with E-state index >= 15 is 0 Å². The third-order valence-electron chi connectivity index (χ3n) is 5.30. The van der Waals surface area contributed by atoms with E-state index in [1.165, 1.54) is 11.3 Å². The van der Waals surface area contributed by atoms with Crippen LogP contribution in [-0.4, -0.2) is 40.4 Å². The minimum atomic E-state index is 0.803. The standard InChI is InChI=1S/C22H25N3O2/c1-16-13-21(23-22-19(16)14-18(26-2)15-20(22)27-3)25-11-9-24(10-12-25)17-7-5-4-6-8-17/h4-8,13-15H,9-12H2,1-3H3/p+1. The smallest absolute Gasteiger partial charge is 0.275 e. The van der Waals surface area contributed by atoms with Crippen LogP contribution in [0.5, 0.6) is 11.5 Å². The van der Waals surface area contributed by atoms with Crippen molar-refractivity contribution in [1.29, 1.82) is 0 Å². The quantitative estimate of drug-likeness (QED) is 0.712. The van der Waals surface area contributed by atoms with Crippen molar-refractivity contribution < 1.29 is 14.5 Å². The molecule has 1 aliphatic rings. The number of para-hydroxylation sites is 1. The summed E-state index contributed by atoms with van der Waals surface area (Å²) in [6.07, 6.45) is 0. The molecule has 2 aromatic carbocycles. The maximum absolute atomic E-state index is 5.60. The molecule has 0 bridgehead atoms. The van der Waals surface area contributed by atoms with Crippen LogP contribution in [0.1, 0.15) is 5.56 Å². The van der Waals surface area contributed by atoms with Crippen molar-refractivity contribution in [2.24, 2.45) is 0 Å². The number of hydrogen-bond donors (Lipinski definition) is 0. The molecule has 0 spiro atoms. The molecule has 5 nitrogen and oxygen atoms in total. The summed E-state index contributed by atoms with van der Waals surface area (Å²) in [5.74, 6) is 2.74. The van der Waals surface area contributed by atoms with Crippen molar-refractivity contribution in [2.45, 2.75) is 6.92 Å². The molecule has 1 fully saturated rings. The monoisotopic (exact) mass is 364 g/mol. The van der Waals surface area contributed by atoms with Gasteiger partial charge in [0, 0.05) is 23.2 Å². The number of nitrogens with one attached hydrogen (secondary N) is 1. The van der Waals surface area contributed by atoms with E-state index in [9.17, 15) is 0 Å². The number of nitrogens with zero attached hydrogens (tertiary/aromatic N) is 2. The summed E-state index contributed by atoms with van der Waals surface area (Å²) < 4.78 is 11.0. The fourth-order valence-corrected chi connectivity index (χ4v) is 3.77. The van der Waals surface area contributed by atoms with Crippen LogP contribution in [0.25, 0.3) is 10.9 Å². The van der Waals surface area contributed by atoms with Crippen molar-refractivity contribution in [1.82, 2.24) is 0 Å². The summed E-state index contributed by atoms with van der Waals surface area (Å²) in [6.45, 7) is 6.12. The van der Waals surface area contributed by atoms with Gasteiger partial charge in [-0.3, -0.25) is 4.90 Å². The third kappa shape index (κ3) is 3.37. The number of H-pyrrole nitrogens is 1. The summed E-state index contributed by atoms with van der Waals surface area (Å²) >= 11 is 0. The molecule has 4 rings (SSSR count). The Morgan fingerprint density at radius 2 is 1.56 bits per heavy atom. The van der Waals surface area contributed by atoms with E-state index in [-0.39, 0.29) is 0 Å². The topological polar surface area (TPSA) is 39.1 Å². The lowest BCUT2D eigenvalue weighted by Crippen LogP contribution is -2.48. The van der Waals surface area contributed by atoms with Crippen LogP contribution in [0.2, 0.25) is 0 Å². The molecule has 1 aromatic heterocycles. The number of methoxy groups -OCH3 is 2. The van der Waals surface area contributed by atoms with Crippen molar-refractivity contribution in [3.63, 3.8) is 0 Å². The SMILES string of the molecule is COc1cc(OC)c2[nH+]c(N3CCN(c4ccccc4)CC3)cc(C)c2c1. The zero-order chi connectivity index (χ0) is 18.8. The lowest BCUT2D eigenvalue weighted by molar-refractivity contribution is -0.331. The first-order valence-electron chi connectivity index (χ1n) is 9.33. The Morgan fingerprint density at radius 1 is 0.852 bits per heavy atom. The normalized spacial score (nSPS) is 14.5. The molecule has 0 amide bonds. The first-order chi connectivity index (χ1) is 13.2. The summed E-state index contributed by atoms with van der Waals surface area (Å²) in [6, 6.07) is 16.8. The van der Waals surface area contributed by atoms with Gasteiger partial charge >= 0.3 is 0 Å². The Labute approximate surface area is 160 Å². The zero-order valence-corrected chi connectivity index (χ0v) is 16.2. The number of aryl methyl sites for hydroxylation is 1. The van der Waals surface area contributed by atoms with Gasteiger partial charge in [-0.2, -0.15) is 0 Å². The summed E-state index contributed by atoms with van der Waals surface area (Å²) in [5.41, 5.74) is 3.52. The van der Waals surface area contributed by atoms with Crippen LogP contribution in [0.15, 0.2) is 48.5 Å². The molecule has 1 saturated heterocycles. The Kier molecular flexibility index (Phi) is 4.75. The maximum atomic E-state index is 5.60. The van der Waals surface area contributed by atoms with Gasteiger partial charge in [0.25, 0.3) is 5.82 Å². The number of anilines is 2. The fraction of sp³-hybridized carbons (Fsp3) is 0.318. The number of rotatable bonds is 4. The summed E-state index contributed by atoms with van der Waals surface area (Å²) in [5, 5.41) is 1.12. The Hall–Kier alpha value is -2.95. The molecule has 0 aliphatic carbocycles. The number of aromatic nitrogens is 1. The molecule has 3 aromatic rings. The van der Waals surface area contributed by atoms with Crippen LogP contribution in [-0.2, 0) is 0 Å². The van der Waals surface area contributed by atoms with Crippen LogP contribution in [0, 0.1) is 6.92 Å². The van der Waals surface area contributed by atoms with Gasteiger partial charge in [-0.05, 0) is 30.7 Å². The first kappa shape index (κ1) is 17.5. The second kappa shape index (κ2) is 7.35. The molecule has 27 heavy (non-hydrogen) atoms. The number of piperazine rings is 1. The predicted octanol–water partition coefficient (Wildman–Crippen LogP) is 3.31. The molecule has 0 atom stereocenters. The summed E-state index contributed by atoms with van der Waals surface area (Å²) in [7, 11) is 3.38. The van der Waals surface area contributed by atoms with Crippen LogP contribution in [0.4, 0.5) is 11.5 Å². The van der Waals surface area contributed by atoms with Gasteiger partial charge in [-0.1, -0.05) is 18.2 Å². The molecular weight excluding hydrogens is 338 g/mol. The highest BCUT2D eigenvalue weighted by Gasteiger charge is 2.25. The van der Waals surface area contributed by atoms with E-state index in [0.717, 1.165) is 54.4 Å². The Morgan fingerprint density at radius 3 is 2.22 bits per heavy atom. The van der Waals surface area contributed by atoms with E-state index in [1.807, 2.05) is 6.07 Å². The lowest BCUT2D eigenvalue weighted by Gasteiger charge is -2.32. The number of fused-ring (bicyclic) bond motifs is 1. The molecule has 1 N–H and O–H groups in total. The van der Waals surface area contributed by atoms with Crippen molar-refractivity contribution in [2.75, 3.05) is 50.2 Å². The van der Waals surface area contributed by atoms with Gasteiger partial charge in [0.05, 0.1) is 27.3 Å². The van der Waals surface area contributed by atoms with Gasteiger partial charge in [-0.25, -0.2) is 4.98 Å². The largest absolute Gasteiger partial charge is 0.497 e. The highest BCUT2D eigenvalue weighted by Crippen LogP contribution is 2.31. The van der Waals surface area contributed by atoms with Crippen LogP contribution in [0.3, 0.4) is 0 Å². The number of pyridine rings is 1. The number of aromatic amines is 1. The Bertz CT molecular complexity index is 935. The van der Waals surface area contributed by atoms with E-state index in [1.54, 1.807) is 14.2 Å². The van der Waals surface area contributed by atoms with E-state index in [2.05, 4.69) is 64.2 Å². The minimum absolute atomic E-state index is 0.803. The average Bonchev–Trinajstić information content (AvgIpc) is 2.73. The van der Waals surface area contributed by atoms with E-state index in [4.69, 9.17) is 9.47 Å². The highest BCUT2D eigenvalue weighted by molar-refractivity contribution is 5.87. The maximum Gasteiger partial charge on any atom is 0.275 e. The van der Waals surface area contributed by atoms with Gasteiger partial charge in [0.2, 0.25) is 0 Å². The van der Waals surface area contributed by atoms with E-state index in [0.29, 0.717) is 0 Å². The Balaban J connectivity index is 1.61. The zero-order valence-electron chi connectivity index (χ0n) is 16.2. The molecular formula is C22H26N3O2+. The predicted molar refractivity (Wildman–Crippen MR) is 109 cm³/mol. The molecule has 1 aliphatic heterocycles. The molecule has 5 heteroatoms. The van der Waals surface area contributed by atoms with Crippen molar-refractivity contribution >= 4 is 22.4 Å². The van der Waals surface area contributed by atoms with Gasteiger partial charge in [0.15, 0.2) is 11.3 Å². The van der Waals surface area contributed by atoms with Crippen LogP contribution >= 0.6 is 0 Å². The van der Waals surface area contributed by atoms with Crippen LogP contribution < -0.4 is 24.3 Å². The molecule has 140 valence electrons. The first-order valence-corrected chi connectivity index (χ1v) is 9.33. The highest BCUT2D eigenvalue weighted by atomic mass is 16.5. The summed E-state index contributed by atoms with van der Waals surface area (Å²) in [4.78, 5) is 8.44. The third-order valence-corrected chi connectivity index (χ3v) is 5.30. The number of ether oxygens (including phenoxy) is 2. The van der Waals surface area contributed by atoms with Gasteiger partial charge < -0.3 is 14.4 Å². The van der Waals surface area contributed by atoms with Gasteiger partial charge in [0.1, 0.15) is 18.8 Å².